The molecule has 2 heteroatoms. The van der Waals surface area contributed by atoms with E-state index in [1.54, 1.807) is 0 Å². The fraction of sp³-hybridized carbons (Fsp3) is 0.947. The summed E-state index contributed by atoms with van der Waals surface area (Å²) >= 11 is 0. The molecule has 122 valence electrons. The average molecular weight is 294 g/mol. The molecular formula is C19H34O2. The fourth-order valence-electron chi connectivity index (χ4n) is 4.78. The number of esters is 1. The number of fused-ring (bicyclic) bond motifs is 1. The number of hydrogen-bond acceptors (Lipinski definition) is 2. The van der Waals surface area contributed by atoms with E-state index in [4.69, 9.17) is 4.74 Å². The zero-order valence-corrected chi connectivity index (χ0v) is 14.8. The van der Waals surface area contributed by atoms with Crippen molar-refractivity contribution in [1.82, 2.24) is 0 Å². The van der Waals surface area contributed by atoms with Gasteiger partial charge in [-0.2, -0.15) is 0 Å². The lowest BCUT2D eigenvalue weighted by atomic mass is 9.71. The Hall–Kier alpha value is -0.530. The molecule has 4 unspecified atom stereocenters. The van der Waals surface area contributed by atoms with Gasteiger partial charge in [0.15, 0.2) is 0 Å². The van der Waals surface area contributed by atoms with Crippen molar-refractivity contribution < 1.29 is 9.53 Å². The summed E-state index contributed by atoms with van der Waals surface area (Å²) in [6, 6.07) is 0. The van der Waals surface area contributed by atoms with Gasteiger partial charge in [0.2, 0.25) is 0 Å². The van der Waals surface area contributed by atoms with Crippen LogP contribution in [0.3, 0.4) is 0 Å². The molecule has 2 aliphatic carbocycles. The molecule has 0 spiro atoms. The number of hydrogen-bond donors (Lipinski definition) is 0. The molecule has 2 rings (SSSR count). The maximum atomic E-state index is 12.5. The van der Waals surface area contributed by atoms with Crippen molar-refractivity contribution in [3.63, 3.8) is 0 Å². The van der Waals surface area contributed by atoms with Gasteiger partial charge in [-0.1, -0.05) is 34.1 Å². The van der Waals surface area contributed by atoms with Gasteiger partial charge in [0.05, 0.1) is 5.41 Å². The van der Waals surface area contributed by atoms with E-state index in [9.17, 15) is 4.79 Å². The smallest absolute Gasteiger partial charge is 0.311 e. The van der Waals surface area contributed by atoms with Gasteiger partial charge in [-0.15, -0.1) is 0 Å². The summed E-state index contributed by atoms with van der Waals surface area (Å²) in [6.07, 6.45) is 5.95. The first-order chi connectivity index (χ1) is 9.80. The Balaban J connectivity index is 2.14. The van der Waals surface area contributed by atoms with Gasteiger partial charge < -0.3 is 4.74 Å². The Labute approximate surface area is 131 Å². The van der Waals surface area contributed by atoms with E-state index in [1.165, 1.54) is 19.3 Å². The summed E-state index contributed by atoms with van der Waals surface area (Å²) in [4.78, 5) is 12.5. The molecule has 6 atom stereocenters. The van der Waals surface area contributed by atoms with Crippen molar-refractivity contribution >= 4 is 5.97 Å². The lowest BCUT2D eigenvalue weighted by Crippen LogP contribution is -2.41. The van der Waals surface area contributed by atoms with Crippen LogP contribution < -0.4 is 0 Å². The Kier molecular flexibility index (Phi) is 5.05. The first-order valence-corrected chi connectivity index (χ1v) is 9.01. The minimum atomic E-state index is -0.345. The first kappa shape index (κ1) is 16.8. The Morgan fingerprint density at radius 3 is 2.38 bits per heavy atom. The molecule has 0 N–H and O–H groups in total. The first-order valence-electron chi connectivity index (χ1n) is 9.01. The van der Waals surface area contributed by atoms with Crippen LogP contribution in [0.1, 0.15) is 73.6 Å². The van der Waals surface area contributed by atoms with Gasteiger partial charge in [0.1, 0.15) is 6.10 Å². The van der Waals surface area contributed by atoms with Crippen molar-refractivity contribution in [2.24, 2.45) is 35.0 Å². The van der Waals surface area contributed by atoms with Gasteiger partial charge in [-0.05, 0) is 63.2 Å². The summed E-state index contributed by atoms with van der Waals surface area (Å²) in [6.45, 7) is 13.1. The van der Waals surface area contributed by atoms with Crippen LogP contribution in [0.4, 0.5) is 0 Å². The maximum Gasteiger partial charge on any atom is 0.311 e. The molecule has 2 aliphatic rings. The number of ether oxygens (including phenoxy) is 1. The summed E-state index contributed by atoms with van der Waals surface area (Å²) < 4.78 is 6.07. The van der Waals surface area contributed by atoms with Crippen molar-refractivity contribution in [3.8, 4) is 0 Å². The predicted molar refractivity (Wildman–Crippen MR) is 86.9 cm³/mol. The van der Waals surface area contributed by atoms with Crippen LogP contribution in [0, 0.1) is 35.0 Å². The van der Waals surface area contributed by atoms with Crippen molar-refractivity contribution in [3.05, 3.63) is 0 Å². The van der Waals surface area contributed by atoms with E-state index < -0.39 is 0 Å². The largest absolute Gasteiger partial charge is 0.462 e. The van der Waals surface area contributed by atoms with E-state index in [0.29, 0.717) is 11.8 Å². The minimum absolute atomic E-state index is 0.0113. The zero-order chi connectivity index (χ0) is 15.8. The fourth-order valence-corrected chi connectivity index (χ4v) is 4.78. The quantitative estimate of drug-likeness (QED) is 0.677. The van der Waals surface area contributed by atoms with Gasteiger partial charge >= 0.3 is 5.97 Å². The Morgan fingerprint density at radius 1 is 1.14 bits per heavy atom. The molecule has 21 heavy (non-hydrogen) atoms. The van der Waals surface area contributed by atoms with E-state index in [2.05, 4.69) is 27.7 Å². The molecule has 0 radical (unpaired) electrons. The monoisotopic (exact) mass is 294 g/mol. The number of carbonyl (C=O) groups excluding carboxylic acids is 1. The van der Waals surface area contributed by atoms with Crippen LogP contribution in [0.5, 0.6) is 0 Å². The highest BCUT2D eigenvalue weighted by atomic mass is 16.5. The summed E-state index contributed by atoms with van der Waals surface area (Å²) in [5.74, 6) is 3.61. The van der Waals surface area contributed by atoms with E-state index in [-0.39, 0.29) is 17.5 Å². The SMILES string of the molecule is CCC1C(C)CC2C[C@H](C)C[C@H](OC(=O)C(C)(C)CC)C21. The normalized spacial score (nSPS) is 39.9. The third-order valence-corrected chi connectivity index (χ3v) is 6.38. The highest BCUT2D eigenvalue weighted by Crippen LogP contribution is 2.52. The van der Waals surface area contributed by atoms with E-state index in [0.717, 1.165) is 30.6 Å². The van der Waals surface area contributed by atoms with Crippen LogP contribution in [-0.4, -0.2) is 12.1 Å². The van der Waals surface area contributed by atoms with Crippen molar-refractivity contribution in [1.29, 1.82) is 0 Å². The maximum absolute atomic E-state index is 12.5. The van der Waals surface area contributed by atoms with Gasteiger partial charge in [0.25, 0.3) is 0 Å². The molecule has 2 nitrogen and oxygen atoms in total. The molecule has 0 aromatic carbocycles. The van der Waals surface area contributed by atoms with Gasteiger partial charge in [-0.25, -0.2) is 0 Å². The van der Waals surface area contributed by atoms with Crippen LogP contribution in [-0.2, 0) is 9.53 Å². The molecule has 0 amide bonds. The van der Waals surface area contributed by atoms with Crippen LogP contribution in [0.2, 0.25) is 0 Å². The molecule has 2 fully saturated rings. The van der Waals surface area contributed by atoms with Crippen LogP contribution >= 0.6 is 0 Å². The Morgan fingerprint density at radius 2 is 1.81 bits per heavy atom. The predicted octanol–water partition coefficient (Wildman–Crippen LogP) is 5.06. The third kappa shape index (κ3) is 3.29. The van der Waals surface area contributed by atoms with Gasteiger partial charge in [-0.3, -0.25) is 4.79 Å². The molecule has 0 saturated heterocycles. The second kappa shape index (κ2) is 6.30. The molecule has 0 heterocycles. The zero-order valence-electron chi connectivity index (χ0n) is 14.8. The number of carbonyl (C=O) groups is 1. The van der Waals surface area contributed by atoms with Gasteiger partial charge in [0, 0.05) is 5.92 Å². The second-order valence-corrected chi connectivity index (χ2v) is 8.38. The topological polar surface area (TPSA) is 26.3 Å². The summed E-state index contributed by atoms with van der Waals surface area (Å²) in [5.41, 5.74) is -0.345. The molecule has 0 aromatic heterocycles. The Bertz CT molecular complexity index is 374. The number of rotatable bonds is 4. The van der Waals surface area contributed by atoms with Crippen LogP contribution in [0.25, 0.3) is 0 Å². The summed E-state index contributed by atoms with van der Waals surface area (Å²) in [7, 11) is 0. The van der Waals surface area contributed by atoms with Crippen molar-refractivity contribution in [2.75, 3.05) is 0 Å². The molecule has 0 bridgehead atoms. The van der Waals surface area contributed by atoms with Crippen molar-refractivity contribution in [2.45, 2.75) is 79.8 Å². The molecule has 2 saturated carbocycles. The van der Waals surface area contributed by atoms with E-state index >= 15 is 0 Å². The molecule has 0 aromatic rings. The minimum Gasteiger partial charge on any atom is -0.462 e. The molecule has 0 aliphatic heterocycles. The highest BCUT2D eigenvalue weighted by molar-refractivity contribution is 5.76. The second-order valence-electron chi connectivity index (χ2n) is 8.38. The standard InChI is InChI=1S/C19H34O2/c1-7-15-13(4)11-14-9-12(3)10-16(17(14)15)21-18(20)19(5,6)8-2/h12-17H,7-11H2,1-6H3/t12-,13?,14?,15?,16-,17?/m0/s1. The average Bonchev–Trinajstić information content (AvgIpc) is 2.73. The van der Waals surface area contributed by atoms with Crippen LogP contribution in [0.15, 0.2) is 0 Å². The third-order valence-electron chi connectivity index (χ3n) is 6.38. The lowest BCUT2D eigenvalue weighted by molar-refractivity contribution is -0.168. The highest BCUT2D eigenvalue weighted by Gasteiger charge is 2.49. The molecular weight excluding hydrogens is 260 g/mol. The van der Waals surface area contributed by atoms with E-state index in [1.807, 2.05) is 13.8 Å². The lowest BCUT2D eigenvalue weighted by Gasteiger charge is -2.40. The summed E-state index contributed by atoms with van der Waals surface area (Å²) in [5, 5.41) is 0.